The summed E-state index contributed by atoms with van der Waals surface area (Å²) in [4.78, 5) is 2.20. The number of hydrogen-bond acceptors (Lipinski definition) is 3. The van der Waals surface area contributed by atoms with Crippen molar-refractivity contribution in [1.29, 1.82) is 0 Å². The fourth-order valence-corrected chi connectivity index (χ4v) is 3.20. The molecule has 3 nitrogen and oxygen atoms in total. The van der Waals surface area contributed by atoms with Gasteiger partial charge in [-0.1, -0.05) is 31.4 Å². The van der Waals surface area contributed by atoms with Crippen LogP contribution in [0.3, 0.4) is 0 Å². The van der Waals surface area contributed by atoms with Crippen LogP contribution in [0.25, 0.3) is 0 Å². The lowest BCUT2D eigenvalue weighted by atomic mass is 9.79. The van der Waals surface area contributed by atoms with Gasteiger partial charge in [0, 0.05) is 6.04 Å². The molecule has 0 radical (unpaired) electrons. The Hall–Kier alpha value is -0.770. The molecule has 0 bridgehead atoms. The van der Waals surface area contributed by atoms with E-state index in [0.717, 1.165) is 37.9 Å². The lowest BCUT2D eigenvalue weighted by Crippen LogP contribution is -2.36. The van der Waals surface area contributed by atoms with E-state index >= 15 is 0 Å². The van der Waals surface area contributed by atoms with Crippen LogP contribution in [-0.4, -0.2) is 36.8 Å². The minimum atomic E-state index is -0.493. The number of nitrogens with zero attached hydrogens (tertiary/aromatic N) is 1. The second kappa shape index (κ2) is 8.02. The Morgan fingerprint density at radius 3 is 2.19 bits per heavy atom. The van der Waals surface area contributed by atoms with Gasteiger partial charge in [-0.15, -0.1) is 12.4 Å². The summed E-state index contributed by atoms with van der Waals surface area (Å²) in [6.07, 6.45) is 6.25. The first kappa shape index (κ1) is 18.3. The van der Waals surface area contributed by atoms with Crippen molar-refractivity contribution in [2.75, 3.05) is 21.2 Å². The van der Waals surface area contributed by atoms with E-state index in [0.29, 0.717) is 0 Å². The zero-order chi connectivity index (χ0) is 14.6. The summed E-state index contributed by atoms with van der Waals surface area (Å²) in [6, 6.07) is 8.46. The zero-order valence-electron chi connectivity index (χ0n) is 13.3. The molecule has 1 fully saturated rings. The van der Waals surface area contributed by atoms with Crippen molar-refractivity contribution in [3.05, 3.63) is 29.8 Å². The molecular weight excluding hydrogens is 286 g/mol. The maximum absolute atomic E-state index is 10.8. The van der Waals surface area contributed by atoms with E-state index < -0.39 is 5.60 Å². The van der Waals surface area contributed by atoms with Crippen molar-refractivity contribution >= 4 is 12.4 Å². The highest BCUT2D eigenvalue weighted by Gasteiger charge is 2.33. The molecule has 0 aromatic heterocycles. The second-order valence-corrected chi connectivity index (χ2v) is 6.24. The summed E-state index contributed by atoms with van der Waals surface area (Å²) in [5, 5.41) is 10.8. The van der Waals surface area contributed by atoms with Gasteiger partial charge in [0.05, 0.1) is 12.7 Å². The van der Waals surface area contributed by atoms with Crippen LogP contribution in [0, 0.1) is 0 Å². The fourth-order valence-electron chi connectivity index (χ4n) is 3.20. The summed E-state index contributed by atoms with van der Waals surface area (Å²) < 4.78 is 5.22. The molecule has 1 aromatic carbocycles. The molecular formula is C17H28ClNO2. The van der Waals surface area contributed by atoms with Gasteiger partial charge in [0.25, 0.3) is 0 Å². The molecule has 1 aliphatic rings. The van der Waals surface area contributed by atoms with E-state index in [4.69, 9.17) is 4.74 Å². The smallest absolute Gasteiger partial charge is 0.118 e. The molecule has 0 heterocycles. The Morgan fingerprint density at radius 1 is 1.14 bits per heavy atom. The van der Waals surface area contributed by atoms with Gasteiger partial charge in [-0.05, 0) is 51.1 Å². The summed E-state index contributed by atoms with van der Waals surface area (Å²) in [7, 11) is 5.85. The van der Waals surface area contributed by atoms with E-state index in [1.54, 1.807) is 7.11 Å². The Bertz CT molecular complexity index is 413. The number of benzene rings is 1. The van der Waals surface area contributed by atoms with Crippen LogP contribution in [0.4, 0.5) is 0 Å². The number of hydrogen-bond donors (Lipinski definition) is 1. The standard InChI is InChI=1S/C17H27NO2.ClH/c1-18(2)16(13-17(19)11-5-4-6-12-17)14-7-9-15(20-3)10-8-14;/h7-10,16,19H,4-6,11-13H2,1-3H3;1H. The quantitative estimate of drug-likeness (QED) is 0.897. The Morgan fingerprint density at radius 2 is 1.71 bits per heavy atom. The van der Waals surface area contributed by atoms with Crippen LogP contribution in [0.1, 0.15) is 50.1 Å². The van der Waals surface area contributed by atoms with Gasteiger partial charge < -0.3 is 14.7 Å². The highest BCUT2D eigenvalue weighted by molar-refractivity contribution is 5.85. The average Bonchev–Trinajstić information content (AvgIpc) is 2.45. The molecule has 120 valence electrons. The lowest BCUT2D eigenvalue weighted by Gasteiger charge is -2.37. The van der Waals surface area contributed by atoms with Crippen molar-refractivity contribution in [2.24, 2.45) is 0 Å². The molecule has 21 heavy (non-hydrogen) atoms. The molecule has 1 unspecified atom stereocenters. The molecule has 1 N–H and O–H groups in total. The van der Waals surface area contributed by atoms with Crippen LogP contribution in [0.2, 0.25) is 0 Å². The van der Waals surface area contributed by atoms with E-state index in [1.807, 2.05) is 12.1 Å². The van der Waals surface area contributed by atoms with Gasteiger partial charge >= 0.3 is 0 Å². The van der Waals surface area contributed by atoms with Crippen LogP contribution in [0.15, 0.2) is 24.3 Å². The van der Waals surface area contributed by atoms with Crippen LogP contribution in [-0.2, 0) is 0 Å². The molecule has 0 amide bonds. The van der Waals surface area contributed by atoms with E-state index in [2.05, 4.69) is 31.1 Å². The fraction of sp³-hybridized carbons (Fsp3) is 0.647. The lowest BCUT2D eigenvalue weighted by molar-refractivity contribution is -0.0227. The van der Waals surface area contributed by atoms with Crippen molar-refractivity contribution in [1.82, 2.24) is 4.90 Å². The minimum absolute atomic E-state index is 0. The number of methoxy groups -OCH3 is 1. The summed E-state index contributed by atoms with van der Waals surface area (Å²) in [5.41, 5.74) is 0.752. The molecule has 4 heteroatoms. The first-order chi connectivity index (χ1) is 9.54. The van der Waals surface area contributed by atoms with Crippen LogP contribution in [0.5, 0.6) is 5.75 Å². The van der Waals surface area contributed by atoms with Crippen molar-refractivity contribution in [2.45, 2.75) is 50.2 Å². The third-order valence-electron chi connectivity index (χ3n) is 4.48. The van der Waals surface area contributed by atoms with Gasteiger partial charge in [-0.2, -0.15) is 0 Å². The second-order valence-electron chi connectivity index (χ2n) is 6.24. The van der Waals surface area contributed by atoms with E-state index in [9.17, 15) is 5.11 Å². The Labute approximate surface area is 134 Å². The third kappa shape index (κ3) is 4.87. The summed E-state index contributed by atoms with van der Waals surface area (Å²) in [6.45, 7) is 0. The first-order valence-electron chi connectivity index (χ1n) is 7.57. The molecule has 0 saturated heterocycles. The number of ether oxygens (including phenoxy) is 1. The number of aliphatic hydroxyl groups is 1. The van der Waals surface area contributed by atoms with Crippen molar-refractivity contribution in [3.8, 4) is 5.75 Å². The summed E-state index contributed by atoms with van der Waals surface area (Å²) in [5.74, 6) is 0.877. The number of halogens is 1. The zero-order valence-corrected chi connectivity index (χ0v) is 14.2. The monoisotopic (exact) mass is 313 g/mol. The van der Waals surface area contributed by atoms with Crippen molar-refractivity contribution < 1.29 is 9.84 Å². The maximum atomic E-state index is 10.8. The predicted molar refractivity (Wildman–Crippen MR) is 89.3 cm³/mol. The Balaban J connectivity index is 0.00000220. The van der Waals surface area contributed by atoms with Gasteiger partial charge in [-0.25, -0.2) is 0 Å². The highest BCUT2D eigenvalue weighted by atomic mass is 35.5. The van der Waals surface area contributed by atoms with E-state index in [1.165, 1.54) is 12.0 Å². The Kier molecular flexibility index (Phi) is 6.98. The molecule has 0 aliphatic heterocycles. The molecule has 1 atom stereocenters. The molecule has 0 spiro atoms. The van der Waals surface area contributed by atoms with Gasteiger partial charge in [0.1, 0.15) is 5.75 Å². The molecule has 1 aliphatic carbocycles. The highest BCUT2D eigenvalue weighted by Crippen LogP contribution is 2.37. The third-order valence-corrected chi connectivity index (χ3v) is 4.48. The van der Waals surface area contributed by atoms with Gasteiger partial charge in [0.2, 0.25) is 0 Å². The van der Waals surface area contributed by atoms with Gasteiger partial charge in [-0.3, -0.25) is 0 Å². The maximum Gasteiger partial charge on any atom is 0.118 e. The molecule has 1 aromatic rings. The normalized spacial score (nSPS) is 18.9. The average molecular weight is 314 g/mol. The topological polar surface area (TPSA) is 32.7 Å². The largest absolute Gasteiger partial charge is 0.497 e. The molecule has 1 saturated carbocycles. The molecule has 2 rings (SSSR count). The number of rotatable bonds is 5. The minimum Gasteiger partial charge on any atom is -0.497 e. The SMILES string of the molecule is COc1ccc(C(CC2(O)CCCCC2)N(C)C)cc1.Cl. The van der Waals surface area contributed by atoms with Crippen molar-refractivity contribution in [3.63, 3.8) is 0 Å². The predicted octanol–water partition coefficient (Wildman–Crippen LogP) is 3.81. The first-order valence-corrected chi connectivity index (χ1v) is 7.57. The van der Waals surface area contributed by atoms with E-state index in [-0.39, 0.29) is 18.4 Å². The van der Waals surface area contributed by atoms with Crippen LogP contribution < -0.4 is 4.74 Å². The summed E-state index contributed by atoms with van der Waals surface area (Å²) >= 11 is 0. The van der Waals surface area contributed by atoms with Crippen LogP contribution >= 0.6 is 12.4 Å². The van der Waals surface area contributed by atoms with Gasteiger partial charge in [0.15, 0.2) is 0 Å².